The summed E-state index contributed by atoms with van der Waals surface area (Å²) in [6.07, 6.45) is 4.53. The number of aromatic nitrogens is 3. The Morgan fingerprint density at radius 3 is 3.08 bits per heavy atom. The van der Waals surface area contributed by atoms with Crippen molar-refractivity contribution in [2.45, 2.75) is 32.7 Å². The Labute approximate surface area is 156 Å². The first kappa shape index (κ1) is 16.8. The highest BCUT2D eigenvalue weighted by Gasteiger charge is 2.27. The van der Waals surface area contributed by atoms with Gasteiger partial charge in [-0.1, -0.05) is 41.9 Å². The summed E-state index contributed by atoms with van der Waals surface area (Å²) in [5.74, 6) is 1.55. The minimum absolute atomic E-state index is 0.285. The number of amides is 1. The molecule has 1 unspecified atom stereocenters. The first-order chi connectivity index (χ1) is 12.6. The van der Waals surface area contributed by atoms with Gasteiger partial charge in [0.05, 0.1) is 6.54 Å². The number of hydrogen-bond acceptors (Lipinski definition) is 4. The van der Waals surface area contributed by atoms with Gasteiger partial charge in [-0.3, -0.25) is 9.48 Å². The van der Waals surface area contributed by atoms with E-state index >= 15 is 0 Å². The minimum Gasteiger partial charge on any atom is -0.360 e. The number of rotatable bonds is 4. The summed E-state index contributed by atoms with van der Waals surface area (Å²) >= 11 is 6.18. The quantitative estimate of drug-likeness (QED) is 0.754. The Morgan fingerprint density at radius 2 is 2.23 bits per heavy atom. The fraction of sp³-hybridized carbons (Fsp3) is 0.316. The lowest BCUT2D eigenvalue weighted by atomic mass is 9.88. The zero-order valence-electron chi connectivity index (χ0n) is 14.4. The number of nitrogens with one attached hydrogen (secondary N) is 1. The maximum atomic E-state index is 12.6. The molecule has 0 spiro atoms. The number of anilines is 1. The third-order valence-corrected chi connectivity index (χ3v) is 5.04. The van der Waals surface area contributed by atoms with E-state index in [0.29, 0.717) is 29.0 Å². The van der Waals surface area contributed by atoms with E-state index in [1.54, 1.807) is 16.9 Å². The largest absolute Gasteiger partial charge is 0.360 e. The SMILES string of the molecule is CC1CCc2onc(C(=O)Nc3ccn(Cc4ccccc4Cl)n3)c2C1. The molecule has 6 nitrogen and oxygen atoms in total. The molecule has 1 atom stereocenters. The predicted molar refractivity (Wildman–Crippen MR) is 98.4 cm³/mol. The van der Waals surface area contributed by atoms with Crippen LogP contribution >= 0.6 is 11.6 Å². The van der Waals surface area contributed by atoms with Crippen LogP contribution in [0.25, 0.3) is 0 Å². The molecule has 1 aliphatic carbocycles. The molecular formula is C19H19ClN4O2. The third kappa shape index (κ3) is 3.37. The molecule has 2 aromatic heterocycles. The van der Waals surface area contributed by atoms with Crippen LogP contribution in [0.15, 0.2) is 41.1 Å². The van der Waals surface area contributed by atoms with Gasteiger partial charge in [0.2, 0.25) is 0 Å². The number of carbonyl (C=O) groups excluding carboxylic acids is 1. The molecule has 0 aliphatic heterocycles. The van der Waals surface area contributed by atoms with Crippen molar-refractivity contribution in [3.8, 4) is 0 Å². The highest BCUT2D eigenvalue weighted by atomic mass is 35.5. The second-order valence-corrected chi connectivity index (χ2v) is 7.13. The fourth-order valence-electron chi connectivity index (χ4n) is 3.25. The zero-order chi connectivity index (χ0) is 18.1. The van der Waals surface area contributed by atoms with Gasteiger partial charge >= 0.3 is 0 Å². The summed E-state index contributed by atoms with van der Waals surface area (Å²) in [6, 6.07) is 9.37. The topological polar surface area (TPSA) is 73.0 Å². The van der Waals surface area contributed by atoms with Gasteiger partial charge in [0, 0.05) is 29.3 Å². The number of hydrogen-bond donors (Lipinski definition) is 1. The van der Waals surface area contributed by atoms with Gasteiger partial charge in [-0.05, 0) is 30.4 Å². The molecule has 0 saturated carbocycles. The Bertz CT molecular complexity index is 947. The van der Waals surface area contributed by atoms with E-state index in [4.69, 9.17) is 16.1 Å². The highest BCUT2D eigenvalue weighted by Crippen LogP contribution is 2.28. The molecule has 1 N–H and O–H groups in total. The number of carbonyl (C=O) groups is 1. The van der Waals surface area contributed by atoms with Gasteiger partial charge in [0.25, 0.3) is 5.91 Å². The van der Waals surface area contributed by atoms with Crippen molar-refractivity contribution in [3.05, 3.63) is 64.1 Å². The van der Waals surface area contributed by atoms with Gasteiger partial charge in [0.1, 0.15) is 5.76 Å². The molecule has 1 aromatic carbocycles. The van der Waals surface area contributed by atoms with E-state index in [-0.39, 0.29) is 5.91 Å². The first-order valence-corrected chi connectivity index (χ1v) is 9.03. The van der Waals surface area contributed by atoms with Gasteiger partial charge in [-0.25, -0.2) is 0 Å². The summed E-state index contributed by atoms with van der Waals surface area (Å²) in [5, 5.41) is 11.9. The van der Waals surface area contributed by atoms with Gasteiger partial charge in [-0.2, -0.15) is 5.10 Å². The van der Waals surface area contributed by atoms with Crippen LogP contribution in [0.1, 0.15) is 40.7 Å². The van der Waals surface area contributed by atoms with Crippen molar-refractivity contribution in [3.63, 3.8) is 0 Å². The van der Waals surface area contributed by atoms with Crippen LogP contribution in [0.3, 0.4) is 0 Å². The lowest BCUT2D eigenvalue weighted by Crippen LogP contribution is -2.18. The summed E-state index contributed by atoms with van der Waals surface area (Å²) in [5.41, 5.74) is 2.26. The molecule has 0 saturated heterocycles. The third-order valence-electron chi connectivity index (χ3n) is 4.67. The van der Waals surface area contributed by atoms with Crippen molar-refractivity contribution in [1.82, 2.24) is 14.9 Å². The Morgan fingerprint density at radius 1 is 1.38 bits per heavy atom. The average molecular weight is 371 g/mol. The van der Waals surface area contributed by atoms with E-state index in [2.05, 4.69) is 22.5 Å². The maximum Gasteiger partial charge on any atom is 0.279 e. The van der Waals surface area contributed by atoms with E-state index in [1.165, 1.54) is 0 Å². The standard InChI is InChI=1S/C19H19ClN4O2/c1-12-6-7-16-14(10-12)18(23-26-16)19(25)21-17-8-9-24(22-17)11-13-4-2-3-5-15(13)20/h2-5,8-9,12H,6-7,10-11H2,1H3,(H,21,22,25). The molecule has 26 heavy (non-hydrogen) atoms. The van der Waals surface area contributed by atoms with Crippen LogP contribution in [0.5, 0.6) is 0 Å². The van der Waals surface area contributed by atoms with Gasteiger partial charge in [0.15, 0.2) is 11.5 Å². The molecular weight excluding hydrogens is 352 g/mol. The van der Waals surface area contributed by atoms with Crippen LogP contribution in [-0.4, -0.2) is 20.8 Å². The summed E-state index contributed by atoms with van der Waals surface area (Å²) in [4.78, 5) is 12.6. The van der Waals surface area contributed by atoms with Gasteiger partial charge in [-0.15, -0.1) is 0 Å². The van der Waals surface area contributed by atoms with Crippen molar-refractivity contribution in [2.75, 3.05) is 5.32 Å². The maximum absolute atomic E-state index is 12.6. The van der Waals surface area contributed by atoms with Crippen LogP contribution in [0, 0.1) is 5.92 Å². The minimum atomic E-state index is -0.285. The molecule has 7 heteroatoms. The van der Waals surface area contributed by atoms with E-state index in [0.717, 1.165) is 36.1 Å². The van der Waals surface area contributed by atoms with E-state index in [9.17, 15) is 4.79 Å². The van der Waals surface area contributed by atoms with Crippen LogP contribution < -0.4 is 5.32 Å². The number of benzene rings is 1. The monoisotopic (exact) mass is 370 g/mol. The number of nitrogens with zero attached hydrogens (tertiary/aromatic N) is 3. The first-order valence-electron chi connectivity index (χ1n) is 8.66. The number of fused-ring (bicyclic) bond motifs is 1. The molecule has 134 valence electrons. The molecule has 1 amide bonds. The summed E-state index contributed by atoms with van der Waals surface area (Å²) in [7, 11) is 0. The molecule has 3 aromatic rings. The molecule has 0 fully saturated rings. The fourth-order valence-corrected chi connectivity index (χ4v) is 3.45. The predicted octanol–water partition coefficient (Wildman–Crippen LogP) is 3.95. The Hall–Kier alpha value is -2.60. The highest BCUT2D eigenvalue weighted by molar-refractivity contribution is 6.31. The van der Waals surface area contributed by atoms with Crippen molar-refractivity contribution in [2.24, 2.45) is 5.92 Å². The number of aryl methyl sites for hydroxylation is 1. The van der Waals surface area contributed by atoms with Crippen molar-refractivity contribution in [1.29, 1.82) is 0 Å². The van der Waals surface area contributed by atoms with E-state index < -0.39 is 0 Å². The Balaban J connectivity index is 1.47. The normalized spacial score (nSPS) is 16.3. The van der Waals surface area contributed by atoms with Crippen molar-refractivity contribution >= 4 is 23.3 Å². The summed E-state index contributed by atoms with van der Waals surface area (Å²) < 4.78 is 7.07. The molecule has 1 aliphatic rings. The molecule has 4 rings (SSSR count). The van der Waals surface area contributed by atoms with E-state index in [1.807, 2.05) is 24.3 Å². The van der Waals surface area contributed by atoms with Crippen LogP contribution in [-0.2, 0) is 19.4 Å². The molecule has 2 heterocycles. The second-order valence-electron chi connectivity index (χ2n) is 6.72. The molecule has 0 bridgehead atoms. The average Bonchev–Trinajstić information content (AvgIpc) is 3.23. The van der Waals surface area contributed by atoms with Crippen LogP contribution in [0.2, 0.25) is 5.02 Å². The van der Waals surface area contributed by atoms with Crippen molar-refractivity contribution < 1.29 is 9.32 Å². The zero-order valence-corrected chi connectivity index (χ0v) is 15.2. The lowest BCUT2D eigenvalue weighted by molar-refractivity contribution is 0.101. The smallest absolute Gasteiger partial charge is 0.279 e. The summed E-state index contributed by atoms with van der Waals surface area (Å²) in [6.45, 7) is 2.71. The molecule has 0 radical (unpaired) electrons. The number of halogens is 1. The van der Waals surface area contributed by atoms with Crippen LogP contribution in [0.4, 0.5) is 5.82 Å². The second kappa shape index (κ2) is 6.96. The Kier molecular flexibility index (Phi) is 4.51. The lowest BCUT2D eigenvalue weighted by Gasteiger charge is -2.16. The van der Waals surface area contributed by atoms with Gasteiger partial charge < -0.3 is 9.84 Å².